The van der Waals surface area contributed by atoms with Crippen molar-refractivity contribution in [1.29, 1.82) is 0 Å². The number of hydrogen-bond acceptors (Lipinski definition) is 4. The highest BCUT2D eigenvalue weighted by Gasteiger charge is 2.12. The molecule has 0 saturated heterocycles. The van der Waals surface area contributed by atoms with Crippen LogP contribution in [0.25, 0.3) is 0 Å². The fraction of sp³-hybridized carbons (Fsp3) is 0.316. The number of nitrogens with zero attached hydrogens (tertiary/aromatic N) is 1. The normalized spacial score (nSPS) is 12.0. The third-order valence-electron chi connectivity index (χ3n) is 3.92. The van der Waals surface area contributed by atoms with Gasteiger partial charge >= 0.3 is 0 Å². The van der Waals surface area contributed by atoms with Gasteiger partial charge in [-0.3, -0.25) is 4.99 Å². The molecule has 0 unspecified atom stereocenters. The van der Waals surface area contributed by atoms with Gasteiger partial charge in [-0.2, -0.15) is 0 Å². The molecule has 0 bridgehead atoms. The molecule has 9 heteroatoms. The van der Waals surface area contributed by atoms with Crippen LogP contribution in [-0.2, 0) is 27.8 Å². The Hall–Kier alpha value is -2.13. The number of ether oxygens (including phenoxy) is 1. The van der Waals surface area contributed by atoms with Crippen molar-refractivity contribution < 1.29 is 13.2 Å². The van der Waals surface area contributed by atoms with Gasteiger partial charge in [-0.1, -0.05) is 41.9 Å². The lowest BCUT2D eigenvalue weighted by Gasteiger charge is -2.13. The zero-order valence-corrected chi connectivity index (χ0v) is 17.5. The van der Waals surface area contributed by atoms with Crippen molar-refractivity contribution in [1.82, 2.24) is 15.4 Å². The van der Waals surface area contributed by atoms with Crippen molar-refractivity contribution in [3.8, 4) is 0 Å². The van der Waals surface area contributed by atoms with Gasteiger partial charge in [0.25, 0.3) is 0 Å². The summed E-state index contributed by atoms with van der Waals surface area (Å²) < 4.78 is 31.6. The first-order chi connectivity index (χ1) is 13.5. The van der Waals surface area contributed by atoms with Crippen molar-refractivity contribution in [2.75, 3.05) is 27.3 Å². The highest BCUT2D eigenvalue weighted by Crippen LogP contribution is 2.14. The van der Waals surface area contributed by atoms with E-state index in [4.69, 9.17) is 16.3 Å². The summed E-state index contributed by atoms with van der Waals surface area (Å²) in [6, 6.07) is 14.3. The van der Waals surface area contributed by atoms with Crippen molar-refractivity contribution in [2.24, 2.45) is 4.99 Å². The minimum absolute atomic E-state index is 0.216. The van der Waals surface area contributed by atoms with E-state index in [1.54, 1.807) is 31.3 Å². The monoisotopic (exact) mass is 424 g/mol. The van der Waals surface area contributed by atoms with E-state index >= 15 is 0 Å². The fourth-order valence-electron chi connectivity index (χ4n) is 2.37. The Balaban J connectivity index is 1.88. The van der Waals surface area contributed by atoms with Crippen LogP contribution in [0.15, 0.2) is 58.4 Å². The summed E-state index contributed by atoms with van der Waals surface area (Å²) in [6.07, 6.45) is 0. The smallest absolute Gasteiger partial charge is 0.240 e. The number of methoxy groups -OCH3 is 1. The molecule has 28 heavy (non-hydrogen) atoms. The summed E-state index contributed by atoms with van der Waals surface area (Å²) >= 11 is 6.15. The zero-order chi connectivity index (χ0) is 20.4. The minimum atomic E-state index is -3.53. The number of nitrogens with one attached hydrogen (secondary N) is 3. The van der Waals surface area contributed by atoms with Crippen LogP contribution in [-0.4, -0.2) is 41.7 Å². The number of aliphatic imine (C=N–C) groups is 1. The van der Waals surface area contributed by atoms with E-state index in [9.17, 15) is 8.42 Å². The Bertz CT molecular complexity index is 886. The first kappa shape index (κ1) is 22.2. The molecule has 2 aromatic rings. The van der Waals surface area contributed by atoms with Gasteiger partial charge in [0.1, 0.15) is 0 Å². The van der Waals surface area contributed by atoms with Crippen LogP contribution < -0.4 is 15.4 Å². The SMILES string of the molecule is CN=C(NCc1ccc(S(=O)(=O)NCCOC)cc1)NCc1ccccc1Cl. The Morgan fingerprint density at radius 3 is 2.39 bits per heavy atom. The lowest BCUT2D eigenvalue weighted by Crippen LogP contribution is -2.36. The molecule has 0 aliphatic rings. The van der Waals surface area contributed by atoms with E-state index in [1.165, 1.54) is 7.11 Å². The van der Waals surface area contributed by atoms with Crippen molar-refractivity contribution in [3.05, 3.63) is 64.7 Å². The van der Waals surface area contributed by atoms with Crippen molar-refractivity contribution >= 4 is 27.6 Å². The third kappa shape index (κ3) is 6.79. The van der Waals surface area contributed by atoms with Crippen molar-refractivity contribution in [3.63, 3.8) is 0 Å². The number of sulfonamides is 1. The lowest BCUT2D eigenvalue weighted by atomic mass is 10.2. The predicted molar refractivity (Wildman–Crippen MR) is 112 cm³/mol. The van der Waals surface area contributed by atoms with Crippen LogP contribution >= 0.6 is 11.6 Å². The van der Waals surface area contributed by atoms with Crippen LogP contribution in [0.1, 0.15) is 11.1 Å². The number of halogens is 1. The summed E-state index contributed by atoms with van der Waals surface area (Å²) in [5.74, 6) is 0.623. The largest absolute Gasteiger partial charge is 0.383 e. The van der Waals surface area contributed by atoms with Crippen molar-refractivity contribution in [2.45, 2.75) is 18.0 Å². The Labute approximate surface area is 171 Å². The molecule has 7 nitrogen and oxygen atoms in total. The number of rotatable bonds is 9. The predicted octanol–water partition coefficient (Wildman–Crippen LogP) is 2.13. The first-order valence-corrected chi connectivity index (χ1v) is 10.6. The molecule has 0 atom stereocenters. The van der Waals surface area contributed by atoms with Gasteiger partial charge in [-0.05, 0) is 29.3 Å². The van der Waals surface area contributed by atoms with Gasteiger partial charge < -0.3 is 15.4 Å². The average molecular weight is 425 g/mol. The highest BCUT2D eigenvalue weighted by molar-refractivity contribution is 7.89. The molecule has 0 fully saturated rings. The molecular weight excluding hydrogens is 400 g/mol. The molecule has 0 radical (unpaired) electrons. The molecule has 0 aliphatic heterocycles. The van der Waals surface area contributed by atoms with Crippen LogP contribution in [0.2, 0.25) is 5.02 Å². The van der Waals surface area contributed by atoms with E-state index in [0.717, 1.165) is 11.1 Å². The summed E-state index contributed by atoms with van der Waals surface area (Å²) in [4.78, 5) is 4.40. The molecule has 0 aliphatic carbocycles. The molecule has 152 valence electrons. The van der Waals surface area contributed by atoms with Crippen LogP contribution in [0.3, 0.4) is 0 Å². The summed E-state index contributed by atoms with van der Waals surface area (Å²) in [5.41, 5.74) is 1.90. The van der Waals surface area contributed by atoms with E-state index in [1.807, 2.05) is 24.3 Å². The maximum absolute atomic E-state index is 12.2. The second-order valence-electron chi connectivity index (χ2n) is 5.91. The maximum atomic E-state index is 12.2. The number of hydrogen-bond donors (Lipinski definition) is 3. The Morgan fingerprint density at radius 2 is 1.75 bits per heavy atom. The van der Waals surface area contributed by atoms with Gasteiger partial charge in [-0.25, -0.2) is 13.1 Å². The molecule has 3 N–H and O–H groups in total. The molecule has 0 spiro atoms. The number of guanidine groups is 1. The van der Waals surface area contributed by atoms with Crippen LogP contribution in [0, 0.1) is 0 Å². The van der Waals surface area contributed by atoms with E-state index in [2.05, 4.69) is 20.3 Å². The second-order valence-corrected chi connectivity index (χ2v) is 8.08. The fourth-order valence-corrected chi connectivity index (χ4v) is 3.59. The molecule has 2 rings (SSSR count). The van der Waals surface area contributed by atoms with Gasteiger partial charge in [0.05, 0.1) is 11.5 Å². The van der Waals surface area contributed by atoms with E-state index in [0.29, 0.717) is 30.7 Å². The Morgan fingerprint density at radius 1 is 1.07 bits per heavy atom. The maximum Gasteiger partial charge on any atom is 0.240 e. The standard InChI is InChI=1S/C19H25ClN4O3S/c1-21-19(23-14-16-5-3-4-6-18(16)20)22-13-15-7-9-17(10-8-15)28(25,26)24-11-12-27-2/h3-10,24H,11-14H2,1-2H3,(H2,21,22,23). The molecular formula is C19H25ClN4O3S. The van der Waals surface area contributed by atoms with E-state index in [-0.39, 0.29) is 11.4 Å². The molecule has 0 heterocycles. The lowest BCUT2D eigenvalue weighted by molar-refractivity contribution is 0.204. The summed E-state index contributed by atoms with van der Waals surface area (Å²) in [7, 11) is -0.323. The quantitative estimate of drug-likeness (QED) is 0.326. The topological polar surface area (TPSA) is 91.8 Å². The Kier molecular flexibility index (Phi) is 8.72. The molecule has 2 aromatic carbocycles. The van der Waals surface area contributed by atoms with Gasteiger partial charge in [0.15, 0.2) is 5.96 Å². The molecule has 0 amide bonds. The van der Waals surface area contributed by atoms with E-state index < -0.39 is 10.0 Å². The van der Waals surface area contributed by atoms with Gasteiger partial charge in [-0.15, -0.1) is 0 Å². The van der Waals surface area contributed by atoms with Gasteiger partial charge in [0.2, 0.25) is 10.0 Å². The minimum Gasteiger partial charge on any atom is -0.383 e. The molecule has 0 saturated carbocycles. The van der Waals surface area contributed by atoms with Crippen LogP contribution in [0.5, 0.6) is 0 Å². The van der Waals surface area contributed by atoms with Crippen LogP contribution in [0.4, 0.5) is 0 Å². The number of benzene rings is 2. The zero-order valence-electron chi connectivity index (χ0n) is 15.9. The third-order valence-corrected chi connectivity index (χ3v) is 5.77. The summed E-state index contributed by atoms with van der Waals surface area (Å²) in [6.45, 7) is 1.60. The van der Waals surface area contributed by atoms with Gasteiger partial charge in [0, 0.05) is 38.8 Å². The average Bonchev–Trinajstić information content (AvgIpc) is 2.70. The first-order valence-electron chi connectivity index (χ1n) is 8.71. The highest BCUT2D eigenvalue weighted by atomic mass is 35.5. The molecule has 0 aromatic heterocycles. The summed E-state index contributed by atoms with van der Waals surface area (Å²) in [5, 5.41) is 7.08. The second kappa shape index (κ2) is 11.0.